The average molecular weight is 288 g/mol. The van der Waals surface area contributed by atoms with E-state index in [1.54, 1.807) is 6.20 Å². The van der Waals surface area contributed by atoms with Crippen LogP contribution in [0.4, 0.5) is 0 Å². The van der Waals surface area contributed by atoms with E-state index in [1.165, 1.54) is 30.3 Å². The number of aromatic nitrogens is 1. The third-order valence-electron chi connectivity index (χ3n) is 3.74. The number of hydrogen-bond acceptors (Lipinski definition) is 3. The van der Waals surface area contributed by atoms with Crippen molar-refractivity contribution in [2.24, 2.45) is 0 Å². The summed E-state index contributed by atoms with van der Waals surface area (Å²) in [7, 11) is 0. The third kappa shape index (κ3) is 3.42. The molecule has 0 atom stereocenters. The van der Waals surface area contributed by atoms with Crippen LogP contribution in [0.2, 0.25) is 0 Å². The van der Waals surface area contributed by atoms with Gasteiger partial charge in [-0.05, 0) is 50.7 Å². The van der Waals surface area contributed by atoms with Gasteiger partial charge in [-0.1, -0.05) is 23.9 Å². The first-order valence-electron chi connectivity index (χ1n) is 7.39. The fourth-order valence-corrected chi connectivity index (χ4v) is 3.33. The lowest BCUT2D eigenvalue weighted by Crippen LogP contribution is -2.34. The Hall–Kier alpha value is -1.29. The predicted octanol–water partition coefficient (Wildman–Crippen LogP) is 3.62. The molecule has 4 heteroatoms. The van der Waals surface area contributed by atoms with E-state index in [-0.39, 0.29) is 5.91 Å². The fraction of sp³-hybridized carbons (Fsp3) is 0.500. The molecule has 0 aromatic carbocycles. The molecule has 0 aliphatic heterocycles. The minimum atomic E-state index is 0.247. The number of carbonyl (C=O) groups is 1. The highest BCUT2D eigenvalue weighted by atomic mass is 32.2. The molecule has 20 heavy (non-hydrogen) atoms. The smallest absolute Gasteiger partial charge is 0.237 e. The lowest BCUT2D eigenvalue weighted by molar-refractivity contribution is -0.127. The van der Waals surface area contributed by atoms with Crippen LogP contribution in [0.1, 0.15) is 38.5 Å². The molecule has 106 valence electrons. The van der Waals surface area contributed by atoms with Gasteiger partial charge >= 0.3 is 0 Å². The van der Waals surface area contributed by atoms with Gasteiger partial charge < -0.3 is 4.90 Å². The van der Waals surface area contributed by atoms with Gasteiger partial charge in [-0.25, -0.2) is 4.98 Å². The Labute approximate surface area is 124 Å². The Morgan fingerprint density at radius 3 is 2.90 bits per heavy atom. The molecule has 0 radical (unpaired) electrons. The van der Waals surface area contributed by atoms with E-state index in [1.807, 2.05) is 18.2 Å². The Morgan fingerprint density at radius 1 is 1.35 bits per heavy atom. The van der Waals surface area contributed by atoms with Crippen LogP contribution in [-0.4, -0.2) is 27.6 Å². The van der Waals surface area contributed by atoms with Crippen molar-refractivity contribution in [2.75, 3.05) is 5.75 Å². The van der Waals surface area contributed by atoms with Crippen LogP contribution in [0, 0.1) is 0 Å². The number of allylic oxidation sites excluding steroid dienone is 2. The molecule has 1 amide bonds. The van der Waals surface area contributed by atoms with E-state index in [0.717, 1.165) is 30.7 Å². The predicted molar refractivity (Wildman–Crippen MR) is 81.4 cm³/mol. The van der Waals surface area contributed by atoms with Crippen LogP contribution >= 0.6 is 11.8 Å². The SMILES string of the molecule is O=C(CSc1ccccn1)N(C1=CCCCC1)C1CC1. The van der Waals surface area contributed by atoms with Gasteiger partial charge in [0.05, 0.1) is 10.8 Å². The lowest BCUT2D eigenvalue weighted by atomic mass is 10.0. The molecule has 0 spiro atoms. The Kier molecular flexibility index (Phi) is 4.41. The van der Waals surface area contributed by atoms with Crippen molar-refractivity contribution in [3.63, 3.8) is 0 Å². The second-order valence-corrected chi connectivity index (χ2v) is 6.39. The van der Waals surface area contributed by atoms with Gasteiger partial charge in [0.15, 0.2) is 0 Å². The quantitative estimate of drug-likeness (QED) is 0.776. The zero-order valence-corrected chi connectivity index (χ0v) is 12.4. The van der Waals surface area contributed by atoms with E-state index in [9.17, 15) is 4.79 Å². The van der Waals surface area contributed by atoms with Gasteiger partial charge in [0.25, 0.3) is 0 Å². The summed E-state index contributed by atoms with van der Waals surface area (Å²) in [5, 5.41) is 0.925. The molecular formula is C16H20N2OS. The highest BCUT2D eigenvalue weighted by Gasteiger charge is 2.34. The molecule has 3 rings (SSSR count). The molecule has 1 aromatic heterocycles. The summed E-state index contributed by atoms with van der Waals surface area (Å²) in [4.78, 5) is 18.9. The Morgan fingerprint density at radius 2 is 2.25 bits per heavy atom. The number of pyridine rings is 1. The molecule has 0 unspecified atom stereocenters. The molecule has 1 aromatic rings. The molecule has 3 nitrogen and oxygen atoms in total. The number of hydrogen-bond donors (Lipinski definition) is 0. The third-order valence-corrected chi connectivity index (χ3v) is 4.67. The van der Waals surface area contributed by atoms with Gasteiger partial charge in [-0.2, -0.15) is 0 Å². The molecular weight excluding hydrogens is 268 g/mol. The summed E-state index contributed by atoms with van der Waals surface area (Å²) in [5.74, 6) is 0.738. The van der Waals surface area contributed by atoms with Gasteiger partial charge in [-0.3, -0.25) is 4.79 Å². The monoisotopic (exact) mass is 288 g/mol. The van der Waals surface area contributed by atoms with Gasteiger partial charge in [-0.15, -0.1) is 0 Å². The first kappa shape index (κ1) is 13.7. The summed E-state index contributed by atoms with van der Waals surface area (Å²) in [6.45, 7) is 0. The molecule has 0 N–H and O–H groups in total. The molecule has 0 saturated heterocycles. The number of thioether (sulfide) groups is 1. The average Bonchev–Trinajstić information content (AvgIpc) is 3.32. The largest absolute Gasteiger partial charge is 0.313 e. The highest BCUT2D eigenvalue weighted by Crippen LogP contribution is 2.34. The first-order valence-corrected chi connectivity index (χ1v) is 8.38. The van der Waals surface area contributed by atoms with Crippen LogP contribution in [-0.2, 0) is 4.79 Å². The van der Waals surface area contributed by atoms with Crippen LogP contribution in [0.25, 0.3) is 0 Å². The summed E-state index contributed by atoms with van der Waals surface area (Å²) in [6, 6.07) is 6.28. The van der Waals surface area contributed by atoms with Crippen LogP contribution < -0.4 is 0 Å². The van der Waals surface area contributed by atoms with Gasteiger partial charge in [0, 0.05) is 17.9 Å². The zero-order valence-electron chi connectivity index (χ0n) is 11.6. The molecule has 0 bridgehead atoms. The van der Waals surface area contributed by atoms with Crippen molar-refractivity contribution in [1.82, 2.24) is 9.88 Å². The molecule has 2 aliphatic carbocycles. The van der Waals surface area contributed by atoms with E-state index < -0.39 is 0 Å². The summed E-state index contributed by atoms with van der Waals surface area (Å²) < 4.78 is 0. The zero-order chi connectivity index (χ0) is 13.8. The summed E-state index contributed by atoms with van der Waals surface area (Å²) in [6.07, 6.45) is 11.0. The van der Waals surface area contributed by atoms with Crippen molar-refractivity contribution >= 4 is 17.7 Å². The number of amides is 1. The Balaban J connectivity index is 1.62. The van der Waals surface area contributed by atoms with E-state index >= 15 is 0 Å². The second-order valence-electron chi connectivity index (χ2n) is 5.39. The normalized spacial score (nSPS) is 18.5. The van der Waals surface area contributed by atoms with E-state index in [4.69, 9.17) is 0 Å². The lowest BCUT2D eigenvalue weighted by Gasteiger charge is -2.27. The van der Waals surface area contributed by atoms with Crippen LogP contribution in [0.15, 0.2) is 41.2 Å². The fourth-order valence-electron chi connectivity index (χ4n) is 2.61. The van der Waals surface area contributed by atoms with Gasteiger partial charge in [0.2, 0.25) is 5.91 Å². The minimum Gasteiger partial charge on any atom is -0.313 e. The van der Waals surface area contributed by atoms with Crippen molar-refractivity contribution in [3.8, 4) is 0 Å². The van der Waals surface area contributed by atoms with Gasteiger partial charge in [0.1, 0.15) is 0 Å². The molecule has 1 heterocycles. The highest BCUT2D eigenvalue weighted by molar-refractivity contribution is 7.99. The van der Waals surface area contributed by atoms with Crippen LogP contribution in [0.5, 0.6) is 0 Å². The molecule has 1 fully saturated rings. The topological polar surface area (TPSA) is 33.2 Å². The van der Waals surface area contributed by atoms with Crippen molar-refractivity contribution in [2.45, 2.75) is 49.6 Å². The number of carbonyl (C=O) groups excluding carboxylic acids is 1. The number of rotatable bonds is 5. The minimum absolute atomic E-state index is 0.247. The Bertz CT molecular complexity index is 496. The molecule has 2 aliphatic rings. The summed E-state index contributed by atoms with van der Waals surface area (Å²) in [5.41, 5.74) is 1.27. The van der Waals surface area contributed by atoms with Crippen molar-refractivity contribution < 1.29 is 4.79 Å². The second kappa shape index (κ2) is 6.44. The van der Waals surface area contributed by atoms with E-state index in [0.29, 0.717) is 11.8 Å². The maximum Gasteiger partial charge on any atom is 0.237 e. The van der Waals surface area contributed by atoms with E-state index in [2.05, 4.69) is 16.0 Å². The summed E-state index contributed by atoms with van der Waals surface area (Å²) >= 11 is 1.54. The van der Waals surface area contributed by atoms with Crippen molar-refractivity contribution in [1.29, 1.82) is 0 Å². The first-order chi connectivity index (χ1) is 9.84. The van der Waals surface area contributed by atoms with Crippen molar-refractivity contribution in [3.05, 3.63) is 36.2 Å². The maximum absolute atomic E-state index is 12.5. The number of nitrogens with zero attached hydrogens (tertiary/aromatic N) is 2. The maximum atomic E-state index is 12.5. The standard InChI is InChI=1S/C16H20N2OS/c19-16(12-20-15-8-4-5-11-17-15)18(14-9-10-14)13-6-2-1-3-7-13/h4-6,8,11,14H,1-3,7,9-10,12H2. The van der Waals surface area contributed by atoms with Crippen LogP contribution in [0.3, 0.4) is 0 Å². The molecule has 1 saturated carbocycles.